The minimum atomic E-state index is 0.625. The molecule has 1 nitrogen and oxygen atoms in total. The lowest BCUT2D eigenvalue weighted by Gasteiger charge is -1.99. The third-order valence-electron chi connectivity index (χ3n) is 2.19. The first-order valence-electron chi connectivity index (χ1n) is 5.37. The van der Waals surface area contributed by atoms with Crippen LogP contribution in [-0.2, 0) is 4.79 Å². The van der Waals surface area contributed by atoms with Crippen LogP contribution in [0, 0.1) is 0 Å². The first kappa shape index (κ1) is 13.0. The second kappa shape index (κ2) is 12.0. The molecule has 0 saturated carbocycles. The van der Waals surface area contributed by atoms with Gasteiger partial charge in [0.2, 0.25) is 0 Å². The first-order chi connectivity index (χ1) is 6.41. The highest BCUT2D eigenvalue weighted by Crippen LogP contribution is 2.09. The van der Waals surface area contributed by atoms with Crippen molar-refractivity contribution in [2.24, 2.45) is 0 Å². The summed E-state index contributed by atoms with van der Waals surface area (Å²) in [5, 5.41) is 0. The van der Waals surface area contributed by atoms with Crippen molar-refractivity contribution < 1.29 is 4.79 Å². The normalized spacial score (nSPS) is 10.2. The zero-order chi connectivity index (χ0) is 9.78. The molecule has 0 spiro atoms. The van der Waals surface area contributed by atoms with Gasteiger partial charge in [-0.05, 0) is 18.6 Å². The zero-order valence-corrected chi connectivity index (χ0v) is 9.32. The lowest BCUT2D eigenvalue weighted by atomic mass is 10.1. The Hall–Kier alpha value is 0.0200. The lowest BCUT2D eigenvalue weighted by molar-refractivity contribution is 0.539. The molecule has 0 N–H and O–H groups in total. The maximum Gasteiger partial charge on any atom is 0.198 e. The van der Waals surface area contributed by atoms with Crippen molar-refractivity contribution in [3.63, 3.8) is 0 Å². The molecular weight excluding hydrogens is 180 g/mol. The van der Waals surface area contributed by atoms with E-state index in [-0.39, 0.29) is 0 Å². The van der Waals surface area contributed by atoms with Gasteiger partial charge in [0, 0.05) is 6.42 Å². The molecule has 1 radical (unpaired) electrons. The van der Waals surface area contributed by atoms with E-state index in [1.54, 1.807) is 0 Å². The summed E-state index contributed by atoms with van der Waals surface area (Å²) in [5.74, 6) is 1.02. The van der Waals surface area contributed by atoms with Crippen LogP contribution >= 0.6 is 12.6 Å². The Kier molecular flexibility index (Phi) is 12.0. The number of hydrogen-bond acceptors (Lipinski definition) is 2. The van der Waals surface area contributed by atoms with Crippen LogP contribution in [0.5, 0.6) is 0 Å². The molecule has 13 heavy (non-hydrogen) atoms. The van der Waals surface area contributed by atoms with Gasteiger partial charge in [0.1, 0.15) is 0 Å². The summed E-state index contributed by atoms with van der Waals surface area (Å²) in [4.78, 5) is 9.88. The molecule has 0 saturated heterocycles. The van der Waals surface area contributed by atoms with E-state index in [0.717, 1.165) is 12.2 Å². The SMILES string of the molecule is O=[C]CCCCCCCCCCS. The topological polar surface area (TPSA) is 17.1 Å². The maximum absolute atomic E-state index is 9.88. The van der Waals surface area contributed by atoms with Crippen LogP contribution in [0.1, 0.15) is 57.8 Å². The summed E-state index contributed by atoms with van der Waals surface area (Å²) in [7, 11) is 0. The van der Waals surface area contributed by atoms with E-state index in [4.69, 9.17) is 0 Å². The zero-order valence-electron chi connectivity index (χ0n) is 8.43. The molecule has 77 valence electrons. The van der Waals surface area contributed by atoms with Gasteiger partial charge in [-0.1, -0.05) is 38.5 Å². The van der Waals surface area contributed by atoms with E-state index < -0.39 is 0 Å². The molecular formula is C11H21OS. The first-order valence-corrected chi connectivity index (χ1v) is 6.01. The van der Waals surface area contributed by atoms with Crippen LogP contribution in [0.25, 0.3) is 0 Å². The van der Waals surface area contributed by atoms with Crippen molar-refractivity contribution >= 4 is 18.9 Å². The molecule has 0 aromatic carbocycles. The van der Waals surface area contributed by atoms with Crippen molar-refractivity contribution in [3.05, 3.63) is 0 Å². The van der Waals surface area contributed by atoms with Crippen molar-refractivity contribution in [2.45, 2.75) is 57.8 Å². The molecule has 0 unspecified atom stereocenters. The van der Waals surface area contributed by atoms with Crippen LogP contribution < -0.4 is 0 Å². The molecule has 0 aliphatic carbocycles. The predicted molar refractivity (Wildman–Crippen MR) is 61.1 cm³/mol. The standard InChI is InChI=1S/C11H21OS/c12-10-8-6-4-2-1-3-5-7-9-11-13/h13H,1-9,11H2. The Morgan fingerprint density at radius 1 is 0.769 bits per heavy atom. The van der Waals surface area contributed by atoms with E-state index in [9.17, 15) is 4.79 Å². The van der Waals surface area contributed by atoms with E-state index in [2.05, 4.69) is 12.6 Å². The van der Waals surface area contributed by atoms with Gasteiger partial charge in [0.25, 0.3) is 0 Å². The van der Waals surface area contributed by atoms with E-state index in [1.807, 2.05) is 6.29 Å². The summed E-state index contributed by atoms with van der Waals surface area (Å²) in [6, 6.07) is 0. The van der Waals surface area contributed by atoms with Gasteiger partial charge in [-0.25, -0.2) is 0 Å². The molecule has 0 rings (SSSR count). The Morgan fingerprint density at radius 2 is 1.23 bits per heavy atom. The van der Waals surface area contributed by atoms with Crippen molar-refractivity contribution in [1.82, 2.24) is 0 Å². The highest BCUT2D eigenvalue weighted by Gasteiger charge is 1.91. The summed E-state index contributed by atoms with van der Waals surface area (Å²) in [6.07, 6.45) is 12.7. The average molecular weight is 201 g/mol. The maximum atomic E-state index is 9.88. The molecule has 0 aliphatic heterocycles. The van der Waals surface area contributed by atoms with Gasteiger partial charge in [-0.3, -0.25) is 4.79 Å². The second-order valence-electron chi connectivity index (χ2n) is 3.45. The minimum Gasteiger partial charge on any atom is -0.291 e. The van der Waals surface area contributed by atoms with Crippen molar-refractivity contribution in [2.75, 3.05) is 5.75 Å². The van der Waals surface area contributed by atoms with E-state index in [1.165, 1.54) is 44.9 Å². The molecule has 0 atom stereocenters. The fourth-order valence-electron chi connectivity index (χ4n) is 1.37. The fourth-order valence-corrected chi connectivity index (χ4v) is 1.59. The van der Waals surface area contributed by atoms with Gasteiger partial charge in [-0.2, -0.15) is 12.6 Å². The molecule has 0 amide bonds. The smallest absolute Gasteiger partial charge is 0.198 e. The molecule has 2 heteroatoms. The summed E-state index contributed by atoms with van der Waals surface area (Å²) >= 11 is 4.17. The summed E-state index contributed by atoms with van der Waals surface area (Å²) in [5.41, 5.74) is 0. The van der Waals surface area contributed by atoms with E-state index >= 15 is 0 Å². The van der Waals surface area contributed by atoms with Gasteiger partial charge in [0.05, 0.1) is 0 Å². The number of rotatable bonds is 10. The fraction of sp³-hybridized carbons (Fsp3) is 0.909. The molecule has 0 heterocycles. The Balaban J connectivity index is 2.79. The molecule has 0 aromatic heterocycles. The molecule has 0 aromatic rings. The highest BCUT2D eigenvalue weighted by atomic mass is 32.1. The summed E-state index contributed by atoms with van der Waals surface area (Å²) < 4.78 is 0. The lowest BCUT2D eigenvalue weighted by Crippen LogP contribution is -1.82. The number of unbranched alkanes of at least 4 members (excludes halogenated alkanes) is 8. The molecule has 0 bridgehead atoms. The van der Waals surface area contributed by atoms with Crippen LogP contribution in [-0.4, -0.2) is 12.0 Å². The molecule has 0 aliphatic rings. The quantitative estimate of drug-likeness (QED) is 0.422. The van der Waals surface area contributed by atoms with Gasteiger partial charge in [-0.15, -0.1) is 0 Å². The van der Waals surface area contributed by atoms with Gasteiger partial charge < -0.3 is 0 Å². The highest BCUT2D eigenvalue weighted by molar-refractivity contribution is 7.80. The predicted octanol–water partition coefficient (Wildman–Crippen LogP) is 3.54. The van der Waals surface area contributed by atoms with Gasteiger partial charge in [0.15, 0.2) is 6.29 Å². The van der Waals surface area contributed by atoms with Crippen molar-refractivity contribution in [1.29, 1.82) is 0 Å². The largest absolute Gasteiger partial charge is 0.291 e. The van der Waals surface area contributed by atoms with E-state index in [0.29, 0.717) is 6.42 Å². The Labute approximate surface area is 87.7 Å². The summed E-state index contributed by atoms with van der Waals surface area (Å²) in [6.45, 7) is 0. The Bertz CT molecular complexity index is 104. The number of thiol groups is 1. The van der Waals surface area contributed by atoms with Crippen LogP contribution in [0.4, 0.5) is 0 Å². The second-order valence-corrected chi connectivity index (χ2v) is 3.89. The molecule has 0 fully saturated rings. The van der Waals surface area contributed by atoms with Gasteiger partial charge >= 0.3 is 0 Å². The monoisotopic (exact) mass is 201 g/mol. The number of carbonyl (C=O) groups excluding carboxylic acids is 1. The van der Waals surface area contributed by atoms with Crippen molar-refractivity contribution in [3.8, 4) is 0 Å². The van der Waals surface area contributed by atoms with Crippen LogP contribution in [0.2, 0.25) is 0 Å². The average Bonchev–Trinajstić information content (AvgIpc) is 2.16. The Morgan fingerprint density at radius 3 is 1.69 bits per heavy atom. The third-order valence-corrected chi connectivity index (χ3v) is 2.50. The van der Waals surface area contributed by atoms with Crippen LogP contribution in [0.15, 0.2) is 0 Å². The van der Waals surface area contributed by atoms with Crippen LogP contribution in [0.3, 0.4) is 0 Å². The third kappa shape index (κ3) is 12.0. The minimum absolute atomic E-state index is 0.625. The number of hydrogen-bond donors (Lipinski definition) is 1.